The molecule has 2 amide bonds. The first-order chi connectivity index (χ1) is 12.9. The van der Waals surface area contributed by atoms with E-state index in [9.17, 15) is 14.4 Å². The number of amides is 2. The summed E-state index contributed by atoms with van der Waals surface area (Å²) in [4.78, 5) is 40.3. The zero-order chi connectivity index (χ0) is 19.1. The lowest BCUT2D eigenvalue weighted by molar-refractivity contribution is 0.0879. The fourth-order valence-electron chi connectivity index (χ4n) is 2.86. The van der Waals surface area contributed by atoms with E-state index >= 15 is 0 Å². The molecule has 0 radical (unpaired) electrons. The number of imide groups is 1. The number of benzene rings is 2. The number of hydrogen-bond donors (Lipinski definition) is 2. The van der Waals surface area contributed by atoms with Crippen LogP contribution in [0.5, 0.6) is 0 Å². The Bertz CT molecular complexity index is 1170. The Morgan fingerprint density at radius 3 is 2.44 bits per heavy atom. The molecule has 2 aromatic carbocycles. The van der Waals surface area contributed by atoms with Crippen LogP contribution >= 0.6 is 11.6 Å². The third kappa shape index (κ3) is 2.98. The van der Waals surface area contributed by atoms with Crippen molar-refractivity contribution in [3.05, 3.63) is 80.2 Å². The van der Waals surface area contributed by atoms with Gasteiger partial charge in [0, 0.05) is 16.9 Å². The quantitative estimate of drug-likeness (QED) is 0.540. The number of H-pyrrole nitrogens is 1. The number of aliphatic imine (C=N–C) groups is 1. The Kier molecular flexibility index (Phi) is 4.01. The summed E-state index contributed by atoms with van der Waals surface area (Å²) in [6.45, 7) is 1.77. The number of aromatic amines is 1. The van der Waals surface area contributed by atoms with Crippen molar-refractivity contribution < 1.29 is 9.59 Å². The highest BCUT2D eigenvalue weighted by molar-refractivity contribution is 6.30. The van der Waals surface area contributed by atoms with E-state index in [2.05, 4.69) is 15.4 Å². The van der Waals surface area contributed by atoms with Crippen LogP contribution in [0.15, 0.2) is 52.3 Å². The molecule has 0 atom stereocenters. The van der Waals surface area contributed by atoms with Gasteiger partial charge >= 0.3 is 0 Å². The summed E-state index contributed by atoms with van der Waals surface area (Å²) in [5, 5.41) is 5.81. The van der Waals surface area contributed by atoms with Crippen molar-refractivity contribution in [2.45, 2.75) is 6.92 Å². The Morgan fingerprint density at radius 1 is 1.00 bits per heavy atom. The molecule has 0 unspecified atom stereocenters. The number of aromatic nitrogens is 2. The average Bonchev–Trinajstić information content (AvgIpc) is 3.09. The van der Waals surface area contributed by atoms with E-state index in [1.165, 1.54) is 23.0 Å². The molecule has 0 saturated heterocycles. The lowest BCUT2D eigenvalue weighted by atomic mass is 10.1. The second kappa shape index (κ2) is 6.37. The van der Waals surface area contributed by atoms with Crippen LogP contribution in [0, 0.1) is 6.92 Å². The molecule has 2 heterocycles. The molecule has 0 aliphatic carbocycles. The average molecular weight is 381 g/mol. The molecule has 1 aromatic heterocycles. The fourth-order valence-corrected chi connectivity index (χ4v) is 2.98. The van der Waals surface area contributed by atoms with E-state index in [1.54, 1.807) is 37.3 Å². The highest BCUT2D eigenvalue weighted by Crippen LogP contribution is 2.22. The Balaban J connectivity index is 1.69. The topological polar surface area (TPSA) is 96.3 Å². The molecule has 0 spiro atoms. The molecule has 134 valence electrons. The van der Waals surface area contributed by atoms with E-state index in [0.717, 1.165) is 0 Å². The smallest absolute Gasteiger partial charge is 0.280 e. The summed E-state index contributed by atoms with van der Waals surface area (Å²) in [6, 6.07) is 11.5. The van der Waals surface area contributed by atoms with Gasteiger partial charge in [0.25, 0.3) is 17.4 Å². The third-order valence-corrected chi connectivity index (χ3v) is 4.52. The van der Waals surface area contributed by atoms with Crippen molar-refractivity contribution in [1.29, 1.82) is 0 Å². The van der Waals surface area contributed by atoms with Gasteiger partial charge in [0.15, 0.2) is 0 Å². The van der Waals surface area contributed by atoms with Crippen LogP contribution in [0.25, 0.3) is 5.69 Å². The zero-order valence-corrected chi connectivity index (χ0v) is 14.9. The molecular formula is C19H13ClN4O3. The van der Waals surface area contributed by atoms with Crippen LogP contribution in [0.4, 0.5) is 5.69 Å². The van der Waals surface area contributed by atoms with Crippen LogP contribution in [-0.4, -0.2) is 27.8 Å². The number of hydrogen-bond acceptors (Lipinski definition) is 4. The monoisotopic (exact) mass is 380 g/mol. The second-order valence-corrected chi connectivity index (χ2v) is 6.48. The molecule has 8 heteroatoms. The Hall–Kier alpha value is -3.45. The van der Waals surface area contributed by atoms with Gasteiger partial charge in [-0.3, -0.25) is 29.8 Å². The van der Waals surface area contributed by atoms with Crippen LogP contribution in [0.1, 0.15) is 32.0 Å². The van der Waals surface area contributed by atoms with Gasteiger partial charge in [0.05, 0.1) is 28.1 Å². The van der Waals surface area contributed by atoms with Crippen molar-refractivity contribution in [3.63, 3.8) is 0 Å². The van der Waals surface area contributed by atoms with Gasteiger partial charge in [-0.1, -0.05) is 11.6 Å². The van der Waals surface area contributed by atoms with E-state index in [0.29, 0.717) is 33.2 Å². The van der Waals surface area contributed by atoms with Gasteiger partial charge in [-0.15, -0.1) is 0 Å². The van der Waals surface area contributed by atoms with Gasteiger partial charge in [-0.25, -0.2) is 4.68 Å². The van der Waals surface area contributed by atoms with Crippen molar-refractivity contribution in [2.24, 2.45) is 4.99 Å². The van der Waals surface area contributed by atoms with E-state index < -0.39 is 11.8 Å². The largest absolute Gasteiger partial charge is 0.295 e. The van der Waals surface area contributed by atoms with Crippen LogP contribution in [0.3, 0.4) is 0 Å². The molecule has 1 aliphatic heterocycles. The number of carbonyl (C=O) groups is 2. The summed E-state index contributed by atoms with van der Waals surface area (Å²) < 4.78 is 1.40. The van der Waals surface area contributed by atoms with Gasteiger partial charge in [0.2, 0.25) is 0 Å². The molecule has 3 aromatic rings. The first-order valence-corrected chi connectivity index (χ1v) is 8.43. The van der Waals surface area contributed by atoms with Crippen molar-refractivity contribution in [1.82, 2.24) is 15.1 Å². The van der Waals surface area contributed by atoms with Crippen molar-refractivity contribution in [3.8, 4) is 5.69 Å². The maximum absolute atomic E-state index is 12.7. The normalized spacial score (nSPS) is 13.3. The van der Waals surface area contributed by atoms with Crippen molar-refractivity contribution >= 4 is 35.3 Å². The van der Waals surface area contributed by atoms with Crippen LogP contribution in [-0.2, 0) is 0 Å². The molecule has 0 fully saturated rings. The van der Waals surface area contributed by atoms with Crippen LogP contribution < -0.4 is 10.9 Å². The minimum Gasteiger partial charge on any atom is -0.295 e. The highest BCUT2D eigenvalue weighted by Gasteiger charge is 2.26. The van der Waals surface area contributed by atoms with E-state index in [1.807, 2.05) is 0 Å². The lowest BCUT2D eigenvalue weighted by Crippen LogP contribution is -2.19. The summed E-state index contributed by atoms with van der Waals surface area (Å²) in [7, 11) is 0. The number of rotatable bonds is 3. The number of carbonyl (C=O) groups excluding carboxylic acids is 2. The molecular weight excluding hydrogens is 368 g/mol. The first-order valence-electron chi connectivity index (χ1n) is 8.05. The number of aryl methyl sites for hydroxylation is 1. The van der Waals surface area contributed by atoms with Gasteiger partial charge in [0.1, 0.15) is 0 Å². The molecule has 7 nitrogen and oxygen atoms in total. The predicted octanol–water partition coefficient (Wildman–Crippen LogP) is 2.76. The number of fused-ring (bicyclic) bond motifs is 1. The number of nitrogens with one attached hydrogen (secondary N) is 2. The number of nitrogens with zero attached hydrogens (tertiary/aromatic N) is 2. The lowest BCUT2D eigenvalue weighted by Gasteiger charge is -2.00. The SMILES string of the molecule is Cc1[nH]n(-c2ccc(Cl)cc2)c(=O)c1C=Nc1ccc2c(c1)C(=O)NC2=O. The molecule has 4 rings (SSSR count). The maximum atomic E-state index is 12.7. The summed E-state index contributed by atoms with van der Waals surface area (Å²) >= 11 is 5.88. The molecule has 1 aliphatic rings. The van der Waals surface area contributed by atoms with E-state index in [4.69, 9.17) is 11.6 Å². The van der Waals surface area contributed by atoms with Gasteiger partial charge < -0.3 is 0 Å². The van der Waals surface area contributed by atoms with Gasteiger partial charge in [-0.2, -0.15) is 0 Å². The standard InChI is InChI=1S/C19H13ClN4O3/c1-10-16(19(27)24(23-10)13-5-2-11(20)3-6-13)9-21-12-4-7-14-15(8-12)18(26)22-17(14)25/h2-9,23H,1H3,(H,22,25,26). The third-order valence-electron chi connectivity index (χ3n) is 4.26. The summed E-state index contributed by atoms with van der Waals surface area (Å²) in [5.41, 5.74) is 2.50. The Morgan fingerprint density at radius 2 is 1.70 bits per heavy atom. The Labute approximate surface area is 158 Å². The molecule has 2 N–H and O–H groups in total. The minimum atomic E-state index is -0.449. The molecule has 0 bridgehead atoms. The second-order valence-electron chi connectivity index (χ2n) is 6.04. The first kappa shape index (κ1) is 17.0. The highest BCUT2D eigenvalue weighted by atomic mass is 35.5. The van der Waals surface area contributed by atoms with Gasteiger partial charge in [-0.05, 0) is 49.4 Å². The molecule has 27 heavy (non-hydrogen) atoms. The van der Waals surface area contributed by atoms with E-state index in [-0.39, 0.29) is 11.1 Å². The number of halogens is 1. The fraction of sp³-hybridized carbons (Fsp3) is 0.0526. The summed E-state index contributed by atoms with van der Waals surface area (Å²) in [5.74, 6) is -0.868. The van der Waals surface area contributed by atoms with Crippen molar-refractivity contribution in [2.75, 3.05) is 0 Å². The molecule has 0 saturated carbocycles. The summed E-state index contributed by atoms with van der Waals surface area (Å²) in [6.07, 6.45) is 1.44. The maximum Gasteiger partial charge on any atom is 0.280 e. The minimum absolute atomic E-state index is 0.257. The van der Waals surface area contributed by atoms with Crippen LogP contribution in [0.2, 0.25) is 5.02 Å². The zero-order valence-electron chi connectivity index (χ0n) is 14.1. The predicted molar refractivity (Wildman–Crippen MR) is 102 cm³/mol.